The maximum absolute atomic E-state index is 12.0. The number of hydrogen-bond acceptors (Lipinski definition) is 3. The van der Waals surface area contributed by atoms with Crippen molar-refractivity contribution in [3.63, 3.8) is 0 Å². The van der Waals surface area contributed by atoms with E-state index in [2.05, 4.69) is 25.4 Å². The lowest BCUT2D eigenvalue weighted by atomic mass is 9.94. The molecule has 17 heavy (non-hydrogen) atoms. The Labute approximate surface area is 109 Å². The van der Waals surface area contributed by atoms with Crippen LogP contribution in [0.4, 0.5) is 0 Å². The molecule has 1 fully saturated rings. The summed E-state index contributed by atoms with van der Waals surface area (Å²) in [5.41, 5.74) is 5.90. The number of carbonyl (C=O) groups is 1. The van der Waals surface area contributed by atoms with Gasteiger partial charge in [-0.25, -0.2) is 0 Å². The van der Waals surface area contributed by atoms with Crippen molar-refractivity contribution in [2.24, 2.45) is 11.7 Å². The van der Waals surface area contributed by atoms with E-state index in [4.69, 9.17) is 5.73 Å². The first-order chi connectivity index (χ1) is 8.04. The van der Waals surface area contributed by atoms with Gasteiger partial charge in [0, 0.05) is 11.3 Å². The van der Waals surface area contributed by atoms with Crippen LogP contribution in [-0.2, 0) is 4.79 Å². The average molecular weight is 258 g/mol. The van der Waals surface area contributed by atoms with E-state index in [9.17, 15) is 4.79 Å². The lowest BCUT2D eigenvalue weighted by Crippen LogP contribution is -2.50. The molecule has 0 aromatic heterocycles. The van der Waals surface area contributed by atoms with Crippen molar-refractivity contribution in [2.75, 3.05) is 6.26 Å². The molecule has 1 amide bonds. The van der Waals surface area contributed by atoms with Crippen LogP contribution in [0.5, 0.6) is 0 Å². The van der Waals surface area contributed by atoms with Crippen molar-refractivity contribution in [1.82, 2.24) is 5.32 Å². The number of amides is 1. The van der Waals surface area contributed by atoms with Crippen molar-refractivity contribution < 1.29 is 4.79 Å². The molecule has 0 bridgehead atoms. The molecule has 1 saturated carbocycles. The smallest absolute Gasteiger partial charge is 0.237 e. The van der Waals surface area contributed by atoms with Crippen LogP contribution < -0.4 is 11.1 Å². The molecule has 0 heterocycles. The Bertz CT molecular complexity index is 246. The summed E-state index contributed by atoms with van der Waals surface area (Å²) in [5, 5.41) is 3.71. The predicted octanol–water partition coefficient (Wildman–Crippen LogP) is 2.15. The summed E-state index contributed by atoms with van der Waals surface area (Å²) in [6.45, 7) is 4.19. The number of thioether (sulfide) groups is 1. The van der Waals surface area contributed by atoms with Gasteiger partial charge in [0.25, 0.3) is 0 Å². The molecular formula is C13H26N2OS. The fourth-order valence-electron chi connectivity index (χ4n) is 2.45. The van der Waals surface area contributed by atoms with Crippen LogP contribution in [0.15, 0.2) is 0 Å². The van der Waals surface area contributed by atoms with Crippen LogP contribution in [-0.4, -0.2) is 29.5 Å². The molecule has 3 N–H and O–H groups in total. The monoisotopic (exact) mass is 258 g/mol. The third-order valence-corrected chi connectivity index (χ3v) is 4.56. The number of carbonyl (C=O) groups excluding carboxylic acids is 1. The molecule has 4 heteroatoms. The van der Waals surface area contributed by atoms with Crippen LogP contribution >= 0.6 is 11.8 Å². The first-order valence-corrected chi connectivity index (χ1v) is 7.92. The zero-order valence-electron chi connectivity index (χ0n) is 11.2. The summed E-state index contributed by atoms with van der Waals surface area (Å²) in [6.07, 6.45) is 7.72. The van der Waals surface area contributed by atoms with Gasteiger partial charge in [0.15, 0.2) is 0 Å². The normalized spacial score (nSPS) is 26.9. The van der Waals surface area contributed by atoms with Crippen LogP contribution in [0.25, 0.3) is 0 Å². The molecule has 0 saturated heterocycles. The molecule has 3 nitrogen and oxygen atoms in total. The minimum absolute atomic E-state index is 0.0321. The zero-order valence-corrected chi connectivity index (χ0v) is 12.1. The third-order valence-electron chi connectivity index (χ3n) is 3.40. The van der Waals surface area contributed by atoms with Crippen molar-refractivity contribution in [1.29, 1.82) is 0 Å². The van der Waals surface area contributed by atoms with Crippen LogP contribution in [0, 0.1) is 5.92 Å². The number of nitrogens with one attached hydrogen (secondary N) is 1. The van der Waals surface area contributed by atoms with Gasteiger partial charge >= 0.3 is 0 Å². The Hall–Kier alpha value is -0.220. The molecule has 0 spiro atoms. The predicted molar refractivity (Wildman–Crippen MR) is 75.1 cm³/mol. The lowest BCUT2D eigenvalue weighted by Gasteiger charge is -2.31. The Morgan fingerprint density at radius 1 is 1.41 bits per heavy atom. The minimum Gasteiger partial charge on any atom is -0.351 e. The fourth-order valence-corrected chi connectivity index (χ4v) is 3.38. The Kier molecular flexibility index (Phi) is 6.34. The van der Waals surface area contributed by atoms with E-state index >= 15 is 0 Å². The Morgan fingerprint density at radius 2 is 2.06 bits per heavy atom. The standard InChI is InChI=1S/C13H26N2OS/c1-9(2)8-10(14)13(16)15-11-6-4-5-7-12(11)17-3/h9-12H,4-8,14H2,1-3H3,(H,15,16)/t10-,11?,12?/m0/s1. The molecule has 1 aliphatic carbocycles. The first-order valence-electron chi connectivity index (χ1n) is 6.63. The highest BCUT2D eigenvalue weighted by molar-refractivity contribution is 7.99. The summed E-state index contributed by atoms with van der Waals surface area (Å²) in [4.78, 5) is 12.0. The van der Waals surface area contributed by atoms with E-state index in [1.54, 1.807) is 0 Å². The SMILES string of the molecule is CSC1CCCCC1NC(=O)[C@@H](N)CC(C)C. The largest absolute Gasteiger partial charge is 0.351 e. The van der Waals surface area contributed by atoms with E-state index in [-0.39, 0.29) is 11.9 Å². The van der Waals surface area contributed by atoms with E-state index in [1.165, 1.54) is 19.3 Å². The molecule has 0 radical (unpaired) electrons. The second-order valence-corrected chi connectivity index (χ2v) is 6.49. The maximum atomic E-state index is 12.0. The molecule has 1 aliphatic rings. The molecule has 0 aromatic rings. The first kappa shape index (κ1) is 14.8. The highest BCUT2D eigenvalue weighted by Gasteiger charge is 2.27. The zero-order chi connectivity index (χ0) is 12.8. The highest BCUT2D eigenvalue weighted by atomic mass is 32.2. The van der Waals surface area contributed by atoms with Crippen molar-refractivity contribution in [3.8, 4) is 0 Å². The van der Waals surface area contributed by atoms with Gasteiger partial charge in [-0.05, 0) is 31.4 Å². The summed E-state index contributed by atoms with van der Waals surface area (Å²) in [5.74, 6) is 0.503. The average Bonchev–Trinajstić information content (AvgIpc) is 2.28. The van der Waals surface area contributed by atoms with Crippen LogP contribution in [0.3, 0.4) is 0 Å². The second kappa shape index (κ2) is 7.27. The van der Waals surface area contributed by atoms with Gasteiger partial charge in [-0.2, -0.15) is 11.8 Å². The second-order valence-electron chi connectivity index (χ2n) is 5.41. The van der Waals surface area contributed by atoms with Crippen molar-refractivity contribution in [3.05, 3.63) is 0 Å². The highest BCUT2D eigenvalue weighted by Crippen LogP contribution is 2.27. The van der Waals surface area contributed by atoms with Gasteiger partial charge in [-0.1, -0.05) is 26.7 Å². The van der Waals surface area contributed by atoms with Crippen LogP contribution in [0.1, 0.15) is 46.0 Å². The van der Waals surface area contributed by atoms with Crippen molar-refractivity contribution >= 4 is 17.7 Å². The van der Waals surface area contributed by atoms with Gasteiger partial charge in [0.2, 0.25) is 5.91 Å². The number of nitrogens with two attached hydrogens (primary N) is 1. The molecule has 2 unspecified atom stereocenters. The molecule has 0 aromatic carbocycles. The van der Waals surface area contributed by atoms with E-state index < -0.39 is 0 Å². The lowest BCUT2D eigenvalue weighted by molar-refractivity contribution is -0.123. The number of rotatable bonds is 5. The molecule has 100 valence electrons. The van der Waals surface area contributed by atoms with Crippen molar-refractivity contribution in [2.45, 2.75) is 63.3 Å². The molecule has 1 rings (SSSR count). The minimum atomic E-state index is -0.348. The Morgan fingerprint density at radius 3 is 2.65 bits per heavy atom. The van der Waals surface area contributed by atoms with Gasteiger partial charge < -0.3 is 11.1 Å². The maximum Gasteiger partial charge on any atom is 0.237 e. The fraction of sp³-hybridized carbons (Fsp3) is 0.923. The Balaban J connectivity index is 2.43. The van der Waals surface area contributed by atoms with Crippen LogP contribution in [0.2, 0.25) is 0 Å². The quantitative estimate of drug-likeness (QED) is 0.794. The van der Waals surface area contributed by atoms with Gasteiger partial charge in [0.1, 0.15) is 0 Å². The number of hydrogen-bond donors (Lipinski definition) is 2. The van der Waals surface area contributed by atoms with Gasteiger partial charge in [-0.3, -0.25) is 4.79 Å². The topological polar surface area (TPSA) is 55.1 Å². The third kappa shape index (κ3) is 4.88. The summed E-state index contributed by atoms with van der Waals surface area (Å²) >= 11 is 1.87. The molecular weight excluding hydrogens is 232 g/mol. The summed E-state index contributed by atoms with van der Waals surface area (Å²) < 4.78 is 0. The summed E-state index contributed by atoms with van der Waals surface area (Å²) in [7, 11) is 0. The van der Waals surface area contributed by atoms with E-state index in [1.807, 2.05) is 11.8 Å². The van der Waals surface area contributed by atoms with Gasteiger partial charge in [0.05, 0.1) is 6.04 Å². The molecule has 3 atom stereocenters. The van der Waals surface area contributed by atoms with E-state index in [0.29, 0.717) is 17.2 Å². The molecule has 0 aliphatic heterocycles. The summed E-state index contributed by atoms with van der Waals surface area (Å²) in [6, 6.07) is -0.0242. The van der Waals surface area contributed by atoms with Gasteiger partial charge in [-0.15, -0.1) is 0 Å². The van der Waals surface area contributed by atoms with E-state index in [0.717, 1.165) is 12.8 Å².